The number of hydrogen-bond acceptors (Lipinski definition) is 2. The Labute approximate surface area is 117 Å². The number of rotatable bonds is 4. The van der Waals surface area contributed by atoms with E-state index in [9.17, 15) is 4.39 Å². The third-order valence-electron chi connectivity index (χ3n) is 3.24. The molecule has 0 aliphatic carbocycles. The lowest BCUT2D eigenvalue weighted by Gasteiger charge is -2.12. The van der Waals surface area contributed by atoms with Crippen molar-refractivity contribution in [2.24, 2.45) is 0 Å². The second kappa shape index (κ2) is 5.61. The summed E-state index contributed by atoms with van der Waals surface area (Å²) in [6, 6.07) is 4.31. The van der Waals surface area contributed by atoms with Crippen LogP contribution in [0.5, 0.6) is 0 Å². The highest BCUT2D eigenvalue weighted by Crippen LogP contribution is 2.37. The molecule has 3 N–H and O–H groups in total. The lowest BCUT2D eigenvalue weighted by atomic mass is 9.95. The predicted octanol–water partition coefficient (Wildman–Crippen LogP) is 4.36. The summed E-state index contributed by atoms with van der Waals surface area (Å²) in [5.41, 5.74) is 8.37. The first-order chi connectivity index (χ1) is 9.04. The lowest BCUT2D eigenvalue weighted by molar-refractivity contribution is 0.628. The highest BCUT2D eigenvalue weighted by Gasteiger charge is 2.19. The molecular weight excluding hydrogens is 265 g/mol. The molecule has 1 atom stereocenters. The third kappa shape index (κ3) is 2.73. The van der Waals surface area contributed by atoms with E-state index in [-0.39, 0.29) is 5.82 Å². The summed E-state index contributed by atoms with van der Waals surface area (Å²) in [7, 11) is 0. The number of H-pyrrole nitrogens is 1. The topological polar surface area (TPSA) is 54.7 Å². The normalized spacial score (nSPS) is 12.6. The van der Waals surface area contributed by atoms with Crippen molar-refractivity contribution in [3.05, 3.63) is 34.7 Å². The molecule has 102 valence electrons. The quantitative estimate of drug-likeness (QED) is 0.875. The minimum Gasteiger partial charge on any atom is -0.382 e. The average Bonchev–Trinajstić information content (AvgIpc) is 2.72. The van der Waals surface area contributed by atoms with Crippen LogP contribution in [0.1, 0.15) is 38.3 Å². The number of halogens is 2. The Kier molecular flexibility index (Phi) is 4.10. The van der Waals surface area contributed by atoms with Crippen molar-refractivity contribution in [2.75, 3.05) is 5.73 Å². The number of nitrogens with two attached hydrogens (primary N) is 1. The molecule has 0 amide bonds. The Balaban J connectivity index is 2.52. The van der Waals surface area contributed by atoms with Crippen LogP contribution in [0.2, 0.25) is 5.02 Å². The predicted molar refractivity (Wildman–Crippen MR) is 76.7 cm³/mol. The van der Waals surface area contributed by atoms with E-state index < -0.39 is 0 Å². The van der Waals surface area contributed by atoms with Gasteiger partial charge in [0.15, 0.2) is 5.82 Å². The number of nitrogens with one attached hydrogen (secondary N) is 1. The summed E-state index contributed by atoms with van der Waals surface area (Å²) in [5, 5.41) is 7.38. The number of nitrogens with zero attached hydrogens (tertiary/aromatic N) is 1. The summed E-state index contributed by atoms with van der Waals surface area (Å²) in [4.78, 5) is 0. The van der Waals surface area contributed by atoms with Gasteiger partial charge < -0.3 is 5.73 Å². The molecule has 1 aromatic carbocycles. The van der Waals surface area contributed by atoms with Crippen LogP contribution in [-0.4, -0.2) is 10.2 Å². The van der Waals surface area contributed by atoms with Crippen LogP contribution in [0, 0.1) is 5.82 Å². The maximum Gasteiger partial charge on any atom is 0.153 e. The van der Waals surface area contributed by atoms with Crippen molar-refractivity contribution >= 4 is 17.4 Å². The molecule has 2 rings (SSSR count). The summed E-state index contributed by atoms with van der Waals surface area (Å²) in [5.74, 6) is 0.330. The first kappa shape index (κ1) is 13.9. The highest BCUT2D eigenvalue weighted by molar-refractivity contribution is 6.33. The van der Waals surface area contributed by atoms with Gasteiger partial charge in [0, 0.05) is 16.8 Å². The Hall–Kier alpha value is -1.55. The molecule has 0 saturated heterocycles. The van der Waals surface area contributed by atoms with Crippen LogP contribution in [-0.2, 0) is 0 Å². The zero-order chi connectivity index (χ0) is 14.0. The van der Waals surface area contributed by atoms with Crippen molar-refractivity contribution in [3.63, 3.8) is 0 Å². The largest absolute Gasteiger partial charge is 0.382 e. The van der Waals surface area contributed by atoms with E-state index in [1.54, 1.807) is 6.07 Å². The SMILES string of the molecule is CCCC(C)c1[nH]nc(N)c1-c1ccc(F)cc1Cl. The molecule has 1 unspecified atom stereocenters. The fourth-order valence-corrected chi connectivity index (χ4v) is 2.54. The zero-order valence-electron chi connectivity index (χ0n) is 11.0. The highest BCUT2D eigenvalue weighted by atomic mass is 35.5. The van der Waals surface area contributed by atoms with E-state index in [0.29, 0.717) is 22.3 Å². The molecule has 2 aromatic rings. The minimum atomic E-state index is -0.362. The Morgan fingerprint density at radius 1 is 1.47 bits per heavy atom. The van der Waals surface area contributed by atoms with Gasteiger partial charge in [-0.25, -0.2) is 4.39 Å². The zero-order valence-corrected chi connectivity index (χ0v) is 11.8. The van der Waals surface area contributed by atoms with Gasteiger partial charge in [-0.3, -0.25) is 5.10 Å². The van der Waals surface area contributed by atoms with Gasteiger partial charge in [0.25, 0.3) is 0 Å². The van der Waals surface area contributed by atoms with Gasteiger partial charge >= 0.3 is 0 Å². The fourth-order valence-electron chi connectivity index (χ4n) is 2.28. The van der Waals surface area contributed by atoms with Gasteiger partial charge in [-0.2, -0.15) is 5.10 Å². The molecule has 5 heteroatoms. The van der Waals surface area contributed by atoms with Crippen LogP contribution in [0.15, 0.2) is 18.2 Å². The first-order valence-electron chi connectivity index (χ1n) is 6.33. The Bertz CT molecular complexity index is 580. The number of aromatic nitrogens is 2. The smallest absolute Gasteiger partial charge is 0.153 e. The standard InChI is InChI=1S/C14H17ClFN3/c1-3-4-8(2)13-12(14(17)19-18-13)10-6-5-9(16)7-11(10)15/h5-8H,3-4H2,1-2H3,(H3,17,18,19). The average molecular weight is 282 g/mol. The Morgan fingerprint density at radius 3 is 2.84 bits per heavy atom. The van der Waals surface area contributed by atoms with Gasteiger partial charge in [0.1, 0.15) is 5.82 Å². The lowest BCUT2D eigenvalue weighted by Crippen LogP contribution is -1.97. The van der Waals surface area contributed by atoms with E-state index in [0.717, 1.165) is 24.1 Å². The number of benzene rings is 1. The van der Waals surface area contributed by atoms with Crippen LogP contribution in [0.4, 0.5) is 10.2 Å². The molecule has 0 saturated carbocycles. The summed E-state index contributed by atoms with van der Waals surface area (Å²) >= 11 is 6.11. The molecule has 1 aromatic heterocycles. The van der Waals surface area contributed by atoms with E-state index in [1.165, 1.54) is 12.1 Å². The molecular formula is C14H17ClFN3. The number of anilines is 1. The number of hydrogen-bond donors (Lipinski definition) is 2. The van der Waals surface area contributed by atoms with E-state index >= 15 is 0 Å². The van der Waals surface area contributed by atoms with Crippen molar-refractivity contribution in [2.45, 2.75) is 32.6 Å². The van der Waals surface area contributed by atoms with E-state index in [4.69, 9.17) is 17.3 Å². The molecule has 0 fully saturated rings. The van der Waals surface area contributed by atoms with Crippen LogP contribution in [0.3, 0.4) is 0 Å². The molecule has 0 aliphatic heterocycles. The van der Waals surface area contributed by atoms with Crippen molar-refractivity contribution < 1.29 is 4.39 Å². The van der Waals surface area contributed by atoms with Crippen LogP contribution < -0.4 is 5.73 Å². The second-order valence-electron chi connectivity index (χ2n) is 4.71. The third-order valence-corrected chi connectivity index (χ3v) is 3.55. The van der Waals surface area contributed by atoms with Gasteiger partial charge in [-0.1, -0.05) is 31.9 Å². The molecule has 19 heavy (non-hydrogen) atoms. The van der Waals surface area contributed by atoms with Gasteiger partial charge in [0.2, 0.25) is 0 Å². The van der Waals surface area contributed by atoms with Crippen LogP contribution in [0.25, 0.3) is 11.1 Å². The second-order valence-corrected chi connectivity index (χ2v) is 5.12. The Morgan fingerprint density at radius 2 is 2.21 bits per heavy atom. The van der Waals surface area contributed by atoms with Crippen molar-refractivity contribution in [1.82, 2.24) is 10.2 Å². The van der Waals surface area contributed by atoms with Crippen LogP contribution >= 0.6 is 11.6 Å². The molecule has 1 heterocycles. The number of aromatic amines is 1. The van der Waals surface area contributed by atoms with Gasteiger partial charge in [-0.05, 0) is 30.5 Å². The van der Waals surface area contributed by atoms with Gasteiger partial charge in [-0.15, -0.1) is 0 Å². The summed E-state index contributed by atoms with van der Waals surface area (Å²) < 4.78 is 13.1. The van der Waals surface area contributed by atoms with E-state index in [2.05, 4.69) is 24.0 Å². The van der Waals surface area contributed by atoms with Crippen molar-refractivity contribution in [3.8, 4) is 11.1 Å². The summed E-state index contributed by atoms with van der Waals surface area (Å²) in [6.07, 6.45) is 2.09. The molecule has 3 nitrogen and oxygen atoms in total. The van der Waals surface area contributed by atoms with E-state index in [1.807, 2.05) is 0 Å². The molecule has 0 bridgehead atoms. The first-order valence-corrected chi connectivity index (χ1v) is 6.71. The monoisotopic (exact) mass is 281 g/mol. The molecule has 0 aliphatic rings. The van der Waals surface area contributed by atoms with Gasteiger partial charge in [0.05, 0.1) is 5.02 Å². The minimum absolute atomic E-state index is 0.297. The fraction of sp³-hybridized carbons (Fsp3) is 0.357. The summed E-state index contributed by atoms with van der Waals surface area (Å²) in [6.45, 7) is 4.23. The van der Waals surface area contributed by atoms with Crippen molar-refractivity contribution in [1.29, 1.82) is 0 Å². The molecule has 0 radical (unpaired) electrons. The molecule has 0 spiro atoms. The number of nitrogen functional groups attached to an aromatic ring is 1. The maximum absolute atomic E-state index is 13.1. The maximum atomic E-state index is 13.1.